The molecule has 31 heavy (non-hydrogen) atoms. The summed E-state index contributed by atoms with van der Waals surface area (Å²) in [6, 6.07) is 10.7. The first-order valence-corrected chi connectivity index (χ1v) is 10.0. The van der Waals surface area contributed by atoms with Crippen LogP contribution in [0.25, 0.3) is 11.0 Å². The number of benzene rings is 2. The van der Waals surface area contributed by atoms with E-state index in [1.54, 1.807) is 42.5 Å². The van der Waals surface area contributed by atoms with Gasteiger partial charge in [-0.1, -0.05) is 12.1 Å². The van der Waals surface area contributed by atoms with Crippen molar-refractivity contribution in [2.75, 3.05) is 12.0 Å². The summed E-state index contributed by atoms with van der Waals surface area (Å²) in [5, 5.41) is 10.6. The molecule has 9 heteroatoms. The maximum atomic E-state index is 13.5. The van der Waals surface area contributed by atoms with Crippen molar-refractivity contribution in [2.24, 2.45) is 0 Å². The molecule has 0 fully saturated rings. The highest BCUT2D eigenvalue weighted by atomic mass is 79.9. The van der Waals surface area contributed by atoms with Crippen molar-refractivity contribution < 1.29 is 19.1 Å². The summed E-state index contributed by atoms with van der Waals surface area (Å²) in [6.45, 7) is 0. The molecule has 0 radical (unpaired) electrons. The van der Waals surface area contributed by atoms with E-state index < -0.39 is 11.9 Å². The highest BCUT2D eigenvalue weighted by Crippen LogP contribution is 2.44. The van der Waals surface area contributed by atoms with Crippen LogP contribution in [0.2, 0.25) is 0 Å². The molecule has 1 unspecified atom stereocenters. The van der Waals surface area contributed by atoms with Gasteiger partial charge in [-0.15, -0.1) is 0 Å². The maximum Gasteiger partial charge on any atom is 0.297 e. The lowest BCUT2D eigenvalue weighted by Crippen LogP contribution is -2.31. The van der Waals surface area contributed by atoms with Crippen LogP contribution in [0.3, 0.4) is 0 Å². The van der Waals surface area contributed by atoms with Gasteiger partial charge < -0.3 is 14.3 Å². The molecule has 3 heterocycles. The summed E-state index contributed by atoms with van der Waals surface area (Å²) in [5.74, 6) is -0.384. The van der Waals surface area contributed by atoms with E-state index in [2.05, 4.69) is 25.9 Å². The zero-order chi connectivity index (χ0) is 21.7. The van der Waals surface area contributed by atoms with Crippen LogP contribution >= 0.6 is 15.9 Å². The van der Waals surface area contributed by atoms with Gasteiger partial charge in [0, 0.05) is 12.4 Å². The third-order valence-electron chi connectivity index (χ3n) is 5.13. The first-order valence-electron chi connectivity index (χ1n) is 9.24. The Kier molecular flexibility index (Phi) is 4.48. The van der Waals surface area contributed by atoms with Gasteiger partial charge >= 0.3 is 0 Å². The number of carbonyl (C=O) groups is 1. The molecule has 1 atom stereocenters. The average Bonchev–Trinajstić information content (AvgIpc) is 3.09. The number of hydrogen-bond acceptors (Lipinski definition) is 7. The molecule has 2 aromatic carbocycles. The molecular formula is C22H14BrN3O5. The molecule has 0 saturated heterocycles. The summed E-state index contributed by atoms with van der Waals surface area (Å²) < 4.78 is 11.5. The van der Waals surface area contributed by atoms with Crippen LogP contribution in [-0.2, 0) is 0 Å². The molecule has 154 valence electrons. The summed E-state index contributed by atoms with van der Waals surface area (Å²) >= 11 is 3.31. The monoisotopic (exact) mass is 479 g/mol. The lowest BCUT2D eigenvalue weighted by atomic mass is 9.98. The van der Waals surface area contributed by atoms with E-state index in [9.17, 15) is 14.7 Å². The number of carbonyl (C=O) groups excluding carboxylic acids is 1. The van der Waals surface area contributed by atoms with Crippen molar-refractivity contribution >= 4 is 38.8 Å². The Balaban J connectivity index is 1.84. The van der Waals surface area contributed by atoms with Gasteiger partial charge in [0.1, 0.15) is 5.58 Å². The van der Waals surface area contributed by atoms with Crippen LogP contribution in [0.5, 0.6) is 11.5 Å². The van der Waals surface area contributed by atoms with E-state index in [1.807, 2.05) is 0 Å². The number of nitrogens with zero attached hydrogens (tertiary/aromatic N) is 3. The molecule has 5 rings (SSSR count). The van der Waals surface area contributed by atoms with Gasteiger partial charge in [-0.2, -0.15) is 0 Å². The molecule has 4 aromatic rings. The van der Waals surface area contributed by atoms with E-state index in [0.717, 1.165) is 0 Å². The average molecular weight is 480 g/mol. The quantitative estimate of drug-likeness (QED) is 0.476. The number of fused-ring (bicyclic) bond motifs is 2. The number of para-hydroxylation sites is 1. The number of aromatic hydroxyl groups is 1. The molecule has 1 aliphatic heterocycles. The number of amides is 1. The van der Waals surface area contributed by atoms with Crippen LogP contribution in [0.15, 0.2) is 68.5 Å². The number of anilines is 1. The molecular weight excluding hydrogens is 466 g/mol. The molecule has 1 N–H and O–H groups in total. The minimum atomic E-state index is -0.878. The molecule has 1 aliphatic rings. The van der Waals surface area contributed by atoms with Crippen LogP contribution in [0.1, 0.15) is 27.7 Å². The first kappa shape index (κ1) is 19.3. The number of aromatic nitrogens is 2. The van der Waals surface area contributed by atoms with E-state index in [-0.39, 0.29) is 34.2 Å². The second kappa shape index (κ2) is 7.21. The van der Waals surface area contributed by atoms with Crippen LogP contribution in [0.4, 0.5) is 5.95 Å². The van der Waals surface area contributed by atoms with Crippen molar-refractivity contribution in [3.63, 3.8) is 0 Å². The number of halogens is 1. The SMILES string of the molecule is COc1cc(C2c3c(oc4ccccc4c3=O)C(=O)N2c2ncccn2)cc(Br)c1O. The molecule has 0 spiro atoms. The molecule has 0 aliphatic carbocycles. The maximum absolute atomic E-state index is 13.5. The standard InChI is InChI=1S/C22H14BrN3O5/c1-30-15-10-11(9-13(23)19(15)28)17-16-18(27)12-5-2-3-6-14(12)31-20(16)21(29)26(17)22-24-7-4-8-25-22/h2-10,17,28H,1H3. The smallest absolute Gasteiger partial charge is 0.297 e. The first-order chi connectivity index (χ1) is 15.0. The van der Waals surface area contributed by atoms with Gasteiger partial charge in [0.2, 0.25) is 11.7 Å². The van der Waals surface area contributed by atoms with Gasteiger partial charge in [-0.25, -0.2) is 9.97 Å². The Morgan fingerprint density at radius 1 is 1.13 bits per heavy atom. The molecule has 0 saturated carbocycles. The second-order valence-corrected chi connectivity index (χ2v) is 7.70. The Morgan fingerprint density at radius 3 is 2.61 bits per heavy atom. The molecule has 8 nitrogen and oxygen atoms in total. The van der Waals surface area contributed by atoms with Crippen molar-refractivity contribution in [1.82, 2.24) is 9.97 Å². The third-order valence-corrected chi connectivity index (χ3v) is 5.74. The fourth-order valence-electron chi connectivity index (χ4n) is 3.76. The zero-order valence-corrected chi connectivity index (χ0v) is 17.7. The van der Waals surface area contributed by atoms with Crippen molar-refractivity contribution in [1.29, 1.82) is 0 Å². The zero-order valence-electron chi connectivity index (χ0n) is 16.1. The Hall–Kier alpha value is -3.72. The van der Waals surface area contributed by atoms with Gasteiger partial charge in [-0.05, 0) is 51.8 Å². The number of ether oxygens (including phenoxy) is 1. The van der Waals surface area contributed by atoms with Crippen LogP contribution in [-0.4, -0.2) is 28.1 Å². The van der Waals surface area contributed by atoms with Crippen LogP contribution < -0.4 is 15.1 Å². The van der Waals surface area contributed by atoms with Gasteiger partial charge in [0.05, 0.1) is 28.6 Å². The van der Waals surface area contributed by atoms with Crippen molar-refractivity contribution in [3.05, 3.63) is 86.4 Å². The predicted molar refractivity (Wildman–Crippen MR) is 116 cm³/mol. The lowest BCUT2D eigenvalue weighted by Gasteiger charge is -2.23. The number of hydrogen-bond donors (Lipinski definition) is 1. The second-order valence-electron chi connectivity index (χ2n) is 6.85. The fourth-order valence-corrected chi connectivity index (χ4v) is 4.22. The van der Waals surface area contributed by atoms with Crippen molar-refractivity contribution in [3.8, 4) is 11.5 Å². The summed E-state index contributed by atoms with van der Waals surface area (Å²) in [7, 11) is 1.42. The Bertz CT molecular complexity index is 1400. The third kappa shape index (κ3) is 2.89. The molecule has 1 amide bonds. The number of rotatable bonds is 3. The van der Waals surface area contributed by atoms with Crippen molar-refractivity contribution in [2.45, 2.75) is 6.04 Å². The summed E-state index contributed by atoms with van der Waals surface area (Å²) in [4.78, 5) is 36.6. The number of phenolic OH excluding ortho intramolecular Hbond substituents is 1. The molecule has 2 aromatic heterocycles. The van der Waals surface area contributed by atoms with E-state index in [0.29, 0.717) is 21.0 Å². The number of methoxy groups -OCH3 is 1. The minimum Gasteiger partial charge on any atom is -0.503 e. The fraction of sp³-hybridized carbons (Fsp3) is 0.0909. The Labute approximate surface area is 183 Å². The summed E-state index contributed by atoms with van der Waals surface area (Å²) in [6.07, 6.45) is 3.02. The largest absolute Gasteiger partial charge is 0.503 e. The normalized spacial score (nSPS) is 15.4. The lowest BCUT2D eigenvalue weighted by molar-refractivity contribution is 0.0969. The van der Waals surface area contributed by atoms with Crippen LogP contribution in [0, 0.1) is 0 Å². The van der Waals surface area contributed by atoms with E-state index in [4.69, 9.17) is 9.15 Å². The van der Waals surface area contributed by atoms with Gasteiger partial charge in [0.15, 0.2) is 16.9 Å². The number of phenols is 1. The van der Waals surface area contributed by atoms with E-state index >= 15 is 0 Å². The predicted octanol–water partition coefficient (Wildman–Crippen LogP) is 3.81. The highest BCUT2D eigenvalue weighted by molar-refractivity contribution is 9.10. The summed E-state index contributed by atoms with van der Waals surface area (Å²) in [5.41, 5.74) is 0.690. The molecule has 0 bridgehead atoms. The highest BCUT2D eigenvalue weighted by Gasteiger charge is 2.45. The minimum absolute atomic E-state index is 0.0654. The Morgan fingerprint density at radius 2 is 1.87 bits per heavy atom. The van der Waals surface area contributed by atoms with Gasteiger partial charge in [-0.3, -0.25) is 14.5 Å². The topological polar surface area (TPSA) is 106 Å². The van der Waals surface area contributed by atoms with E-state index in [1.165, 1.54) is 24.4 Å². The van der Waals surface area contributed by atoms with Gasteiger partial charge in [0.25, 0.3) is 5.91 Å².